The highest BCUT2D eigenvalue weighted by molar-refractivity contribution is 5.76. The van der Waals surface area contributed by atoms with Gasteiger partial charge in [0.2, 0.25) is 0 Å². The van der Waals surface area contributed by atoms with Crippen LogP contribution in [0.1, 0.15) is 33.1 Å². The Morgan fingerprint density at radius 2 is 1.86 bits per heavy atom. The fourth-order valence-corrected chi connectivity index (χ4v) is 6.98. The fourth-order valence-electron chi connectivity index (χ4n) is 6.98. The van der Waals surface area contributed by atoms with Crippen molar-refractivity contribution in [1.82, 2.24) is 0 Å². The Labute approximate surface area is 124 Å². The van der Waals surface area contributed by atoms with Crippen LogP contribution in [0.25, 0.3) is 0 Å². The summed E-state index contributed by atoms with van der Waals surface area (Å²) in [7, 11) is 0. The maximum atomic E-state index is 11.9. The van der Waals surface area contributed by atoms with E-state index in [-0.39, 0.29) is 23.7 Å². The molecule has 21 heavy (non-hydrogen) atoms. The average molecular weight is 290 g/mol. The summed E-state index contributed by atoms with van der Waals surface area (Å²) in [5.74, 6) is -0.269. The van der Waals surface area contributed by atoms with E-state index in [0.29, 0.717) is 17.8 Å². The van der Waals surface area contributed by atoms with Crippen molar-refractivity contribution in [3.63, 3.8) is 0 Å². The third kappa shape index (κ3) is 1.32. The minimum absolute atomic E-state index is 0.0151. The van der Waals surface area contributed by atoms with Gasteiger partial charge in [-0.15, -0.1) is 0 Å². The number of hydrogen-bond donors (Lipinski definition) is 2. The van der Waals surface area contributed by atoms with Gasteiger partial charge in [0.05, 0.1) is 12.3 Å². The van der Waals surface area contributed by atoms with Crippen LogP contribution in [0.5, 0.6) is 0 Å². The zero-order valence-electron chi connectivity index (χ0n) is 12.5. The van der Waals surface area contributed by atoms with Crippen molar-refractivity contribution in [2.24, 2.45) is 46.3 Å². The lowest BCUT2D eigenvalue weighted by Crippen LogP contribution is -2.52. The molecule has 114 valence electrons. The number of aliphatic carboxylic acids is 2. The summed E-state index contributed by atoms with van der Waals surface area (Å²) in [6.45, 7) is 4.19. The molecule has 0 aromatic carbocycles. The Bertz CT molecular complexity index is 567. The van der Waals surface area contributed by atoms with Crippen LogP contribution in [-0.4, -0.2) is 22.2 Å². The number of fused-ring (bicyclic) bond motifs is 9. The Balaban J connectivity index is 1.81. The van der Waals surface area contributed by atoms with Gasteiger partial charge in [-0.2, -0.15) is 0 Å². The highest BCUT2D eigenvalue weighted by atomic mass is 16.4. The molecule has 8 unspecified atom stereocenters. The Hall–Kier alpha value is -1.32. The van der Waals surface area contributed by atoms with Crippen molar-refractivity contribution in [2.75, 3.05) is 0 Å². The Kier molecular flexibility index (Phi) is 2.36. The maximum Gasteiger partial charge on any atom is 0.307 e. The molecule has 4 aliphatic rings. The molecule has 4 nitrogen and oxygen atoms in total. The molecular weight excluding hydrogens is 268 g/mol. The Morgan fingerprint density at radius 1 is 1.14 bits per heavy atom. The maximum absolute atomic E-state index is 11.9. The van der Waals surface area contributed by atoms with Crippen molar-refractivity contribution < 1.29 is 19.8 Å². The van der Waals surface area contributed by atoms with Gasteiger partial charge in [-0.3, -0.25) is 9.59 Å². The zero-order chi connectivity index (χ0) is 15.2. The van der Waals surface area contributed by atoms with Gasteiger partial charge in [0, 0.05) is 0 Å². The molecule has 0 heterocycles. The van der Waals surface area contributed by atoms with E-state index in [1.165, 1.54) is 0 Å². The van der Waals surface area contributed by atoms with E-state index >= 15 is 0 Å². The van der Waals surface area contributed by atoms with E-state index in [1.54, 1.807) is 0 Å². The van der Waals surface area contributed by atoms with Crippen LogP contribution < -0.4 is 0 Å². The summed E-state index contributed by atoms with van der Waals surface area (Å²) >= 11 is 0. The molecular formula is C17H22O4. The Morgan fingerprint density at radius 3 is 2.48 bits per heavy atom. The minimum atomic E-state index is -0.864. The largest absolute Gasteiger partial charge is 0.481 e. The van der Waals surface area contributed by atoms with E-state index in [9.17, 15) is 19.8 Å². The minimum Gasteiger partial charge on any atom is -0.481 e. The number of hydrogen-bond acceptors (Lipinski definition) is 2. The molecule has 4 rings (SSSR count). The van der Waals surface area contributed by atoms with Crippen LogP contribution in [0.2, 0.25) is 0 Å². The second-order valence-electron chi connectivity index (χ2n) is 8.12. The molecule has 4 bridgehead atoms. The van der Waals surface area contributed by atoms with Gasteiger partial charge < -0.3 is 10.2 Å². The molecule has 2 N–H and O–H groups in total. The molecule has 0 aromatic heterocycles. The van der Waals surface area contributed by atoms with Crippen molar-refractivity contribution in [2.45, 2.75) is 33.1 Å². The monoisotopic (exact) mass is 290 g/mol. The summed E-state index contributed by atoms with van der Waals surface area (Å²) in [6, 6.07) is 0. The summed E-state index contributed by atoms with van der Waals surface area (Å²) in [5.41, 5.74) is -0.518. The van der Waals surface area contributed by atoms with E-state index in [2.05, 4.69) is 19.1 Å². The van der Waals surface area contributed by atoms with E-state index in [1.807, 2.05) is 6.92 Å². The molecule has 0 aromatic rings. The lowest BCUT2D eigenvalue weighted by molar-refractivity contribution is -0.160. The van der Waals surface area contributed by atoms with E-state index < -0.39 is 23.3 Å². The van der Waals surface area contributed by atoms with Crippen molar-refractivity contribution in [3.8, 4) is 0 Å². The van der Waals surface area contributed by atoms with Gasteiger partial charge in [0.25, 0.3) is 0 Å². The van der Waals surface area contributed by atoms with E-state index in [0.717, 1.165) is 12.8 Å². The number of allylic oxidation sites excluding steroid dienone is 2. The highest BCUT2D eigenvalue weighted by Gasteiger charge is 2.75. The fraction of sp³-hybridized carbons (Fsp3) is 0.765. The molecule has 0 radical (unpaired) electrons. The second-order valence-corrected chi connectivity index (χ2v) is 8.12. The van der Waals surface area contributed by atoms with Crippen LogP contribution in [0.15, 0.2) is 12.2 Å². The molecule has 0 spiro atoms. The van der Waals surface area contributed by atoms with Gasteiger partial charge in [-0.05, 0) is 53.3 Å². The first-order chi connectivity index (χ1) is 9.80. The SMILES string of the molecule is CC1(CC(=O)O)C2CC(C1C(=O)O)C1(C)C3C=CC(C3)C21. The van der Waals surface area contributed by atoms with Gasteiger partial charge in [-0.25, -0.2) is 0 Å². The van der Waals surface area contributed by atoms with Gasteiger partial charge in [0.15, 0.2) is 0 Å². The smallest absolute Gasteiger partial charge is 0.307 e. The first-order valence-corrected chi connectivity index (χ1v) is 7.93. The number of rotatable bonds is 3. The van der Waals surface area contributed by atoms with Crippen LogP contribution in [-0.2, 0) is 9.59 Å². The molecule has 3 saturated carbocycles. The molecule has 8 atom stereocenters. The number of carbonyl (C=O) groups is 2. The quantitative estimate of drug-likeness (QED) is 0.619. The summed E-state index contributed by atoms with van der Waals surface area (Å²) in [4.78, 5) is 23.2. The van der Waals surface area contributed by atoms with Crippen LogP contribution >= 0.6 is 0 Å². The van der Waals surface area contributed by atoms with Gasteiger partial charge in [0.1, 0.15) is 0 Å². The van der Waals surface area contributed by atoms with Crippen molar-refractivity contribution >= 4 is 11.9 Å². The third-order valence-corrected chi connectivity index (χ3v) is 7.59. The molecule has 0 aliphatic heterocycles. The predicted octanol–water partition coefficient (Wildman–Crippen LogP) is 2.65. The van der Waals surface area contributed by atoms with Crippen LogP contribution in [0.3, 0.4) is 0 Å². The third-order valence-electron chi connectivity index (χ3n) is 7.59. The van der Waals surface area contributed by atoms with E-state index in [4.69, 9.17) is 0 Å². The topological polar surface area (TPSA) is 74.6 Å². The number of carboxylic acid groups (broad SMARTS) is 2. The van der Waals surface area contributed by atoms with Gasteiger partial charge in [-0.1, -0.05) is 26.0 Å². The molecule has 4 heteroatoms. The normalized spacial score (nSPS) is 55.9. The molecule has 0 saturated heterocycles. The highest BCUT2D eigenvalue weighted by Crippen LogP contribution is 2.78. The summed E-state index contributed by atoms with van der Waals surface area (Å²) in [5, 5.41) is 19.1. The first kappa shape index (κ1) is 13.4. The van der Waals surface area contributed by atoms with Crippen molar-refractivity contribution in [1.29, 1.82) is 0 Å². The summed E-state index contributed by atoms with van der Waals surface area (Å²) < 4.78 is 0. The van der Waals surface area contributed by atoms with Crippen LogP contribution in [0.4, 0.5) is 0 Å². The summed E-state index contributed by atoms with van der Waals surface area (Å²) in [6.07, 6.45) is 6.61. The zero-order valence-corrected chi connectivity index (χ0v) is 12.5. The lowest BCUT2D eigenvalue weighted by atomic mass is 9.51. The van der Waals surface area contributed by atoms with Gasteiger partial charge >= 0.3 is 11.9 Å². The van der Waals surface area contributed by atoms with Crippen molar-refractivity contribution in [3.05, 3.63) is 12.2 Å². The second kappa shape index (κ2) is 3.71. The molecule has 4 aliphatic carbocycles. The predicted molar refractivity (Wildman–Crippen MR) is 75.4 cm³/mol. The molecule has 3 fully saturated rings. The lowest BCUT2D eigenvalue weighted by Gasteiger charge is -2.52. The van der Waals surface area contributed by atoms with Crippen LogP contribution in [0, 0.1) is 46.3 Å². The average Bonchev–Trinajstić information content (AvgIpc) is 3.03. The molecule has 0 amide bonds. The standard InChI is InChI=1S/C17H22O4/c1-16(7-12(18)19)10-6-11(14(16)15(20)21)17(2)9-4-3-8(5-9)13(10)17/h3-4,8-11,13-14H,5-7H2,1-2H3,(H,18,19)(H,20,21). The first-order valence-electron chi connectivity index (χ1n) is 7.93. The number of carboxylic acids is 2.